The van der Waals surface area contributed by atoms with Gasteiger partial charge in [0, 0.05) is 17.2 Å². The second kappa shape index (κ2) is 5.24. The summed E-state index contributed by atoms with van der Waals surface area (Å²) in [5.74, 6) is 0.507. The molecular formula is C15H14ClNO3S. The number of hydrogen-bond acceptors (Lipinski definition) is 4. The summed E-state index contributed by atoms with van der Waals surface area (Å²) in [5.41, 5.74) is 6.95. The fourth-order valence-electron chi connectivity index (χ4n) is 2.48. The molecule has 1 aliphatic rings. The Morgan fingerprint density at radius 3 is 2.81 bits per heavy atom. The average molecular weight is 324 g/mol. The van der Waals surface area contributed by atoms with Crippen molar-refractivity contribution in [2.24, 2.45) is 0 Å². The Balaban J connectivity index is 1.93. The van der Waals surface area contributed by atoms with Crippen LogP contribution in [0, 0.1) is 0 Å². The van der Waals surface area contributed by atoms with Crippen LogP contribution in [-0.4, -0.2) is 20.8 Å². The average Bonchev–Trinajstić information content (AvgIpc) is 2.84. The molecule has 1 atom stereocenters. The topological polar surface area (TPSA) is 69.4 Å². The maximum atomic E-state index is 12.6. The lowest BCUT2D eigenvalue weighted by atomic mass is 10.0. The molecule has 4 nitrogen and oxygen atoms in total. The van der Waals surface area contributed by atoms with E-state index in [0.29, 0.717) is 12.3 Å². The molecule has 0 fully saturated rings. The smallest absolute Gasteiger partial charge is 0.180 e. The summed E-state index contributed by atoms with van der Waals surface area (Å²) in [6, 6.07) is 12.0. The standard InChI is InChI=1S/C15H14ClNO3S/c16-13-6-5-11(17)7-15(13)21(18,19)9-10-8-20-14-4-2-1-3-12(10)14/h1-7,10H,8-9,17H2. The van der Waals surface area contributed by atoms with Gasteiger partial charge < -0.3 is 10.5 Å². The maximum Gasteiger partial charge on any atom is 0.180 e. The van der Waals surface area contributed by atoms with Crippen LogP contribution >= 0.6 is 11.6 Å². The van der Waals surface area contributed by atoms with Crippen molar-refractivity contribution in [1.82, 2.24) is 0 Å². The first-order valence-electron chi connectivity index (χ1n) is 6.47. The van der Waals surface area contributed by atoms with Crippen LogP contribution in [0.3, 0.4) is 0 Å². The van der Waals surface area contributed by atoms with Gasteiger partial charge in [0.15, 0.2) is 9.84 Å². The van der Waals surface area contributed by atoms with E-state index < -0.39 is 9.84 Å². The molecule has 0 amide bonds. The van der Waals surface area contributed by atoms with Gasteiger partial charge in [0.2, 0.25) is 0 Å². The van der Waals surface area contributed by atoms with Crippen molar-refractivity contribution in [1.29, 1.82) is 0 Å². The lowest BCUT2D eigenvalue weighted by molar-refractivity contribution is 0.337. The van der Waals surface area contributed by atoms with E-state index >= 15 is 0 Å². The Hall–Kier alpha value is -1.72. The third-order valence-corrected chi connectivity index (χ3v) is 5.80. The summed E-state index contributed by atoms with van der Waals surface area (Å²) in [4.78, 5) is 0.0774. The molecule has 2 aromatic carbocycles. The quantitative estimate of drug-likeness (QED) is 0.882. The van der Waals surface area contributed by atoms with Crippen LogP contribution in [0.5, 0.6) is 5.75 Å². The molecule has 6 heteroatoms. The van der Waals surface area contributed by atoms with E-state index in [1.807, 2.05) is 24.3 Å². The molecule has 0 aromatic heterocycles. The molecule has 0 aliphatic carbocycles. The molecule has 21 heavy (non-hydrogen) atoms. The molecule has 1 heterocycles. The number of sulfone groups is 1. The second-order valence-electron chi connectivity index (χ2n) is 5.02. The summed E-state index contributed by atoms with van der Waals surface area (Å²) >= 11 is 6.00. The predicted molar refractivity (Wildman–Crippen MR) is 82.6 cm³/mol. The van der Waals surface area contributed by atoms with Crippen molar-refractivity contribution in [2.75, 3.05) is 18.1 Å². The van der Waals surface area contributed by atoms with E-state index in [9.17, 15) is 8.42 Å². The molecule has 0 saturated heterocycles. The van der Waals surface area contributed by atoms with Crippen molar-refractivity contribution in [2.45, 2.75) is 10.8 Å². The van der Waals surface area contributed by atoms with E-state index in [1.54, 1.807) is 6.07 Å². The number of anilines is 1. The van der Waals surface area contributed by atoms with Gasteiger partial charge in [-0.25, -0.2) is 8.42 Å². The number of benzene rings is 2. The summed E-state index contributed by atoms with van der Waals surface area (Å²) in [5, 5.41) is 0.191. The van der Waals surface area contributed by atoms with E-state index in [4.69, 9.17) is 22.1 Å². The van der Waals surface area contributed by atoms with E-state index in [0.717, 1.165) is 11.3 Å². The Labute approximate surface area is 128 Å². The van der Waals surface area contributed by atoms with Crippen LogP contribution in [0.25, 0.3) is 0 Å². The van der Waals surface area contributed by atoms with Crippen molar-refractivity contribution in [3.8, 4) is 5.75 Å². The van der Waals surface area contributed by atoms with E-state index in [1.165, 1.54) is 12.1 Å². The highest BCUT2D eigenvalue weighted by Crippen LogP contribution is 2.36. The highest BCUT2D eigenvalue weighted by molar-refractivity contribution is 7.91. The molecule has 110 valence electrons. The fourth-order valence-corrected chi connectivity index (χ4v) is 4.62. The third-order valence-electron chi connectivity index (χ3n) is 3.51. The van der Waals surface area contributed by atoms with Crippen LogP contribution < -0.4 is 10.5 Å². The number of rotatable bonds is 3. The fraction of sp³-hybridized carbons (Fsp3) is 0.200. The van der Waals surface area contributed by atoms with Gasteiger partial charge in [-0.1, -0.05) is 29.8 Å². The van der Waals surface area contributed by atoms with Crippen LogP contribution in [0.15, 0.2) is 47.4 Å². The molecule has 3 rings (SSSR count). The summed E-state index contributed by atoms with van der Waals surface area (Å²) in [7, 11) is -3.53. The Bertz CT molecular complexity index is 789. The largest absolute Gasteiger partial charge is 0.493 e. The number of para-hydroxylation sites is 1. The number of fused-ring (bicyclic) bond motifs is 1. The van der Waals surface area contributed by atoms with E-state index in [-0.39, 0.29) is 21.6 Å². The van der Waals surface area contributed by atoms with Gasteiger partial charge in [-0.15, -0.1) is 0 Å². The molecule has 0 radical (unpaired) electrons. The van der Waals surface area contributed by atoms with Gasteiger partial charge in [-0.05, 0) is 24.3 Å². The molecule has 1 unspecified atom stereocenters. The first-order valence-corrected chi connectivity index (χ1v) is 8.50. The molecule has 0 spiro atoms. The van der Waals surface area contributed by atoms with Gasteiger partial charge >= 0.3 is 0 Å². The molecule has 2 N–H and O–H groups in total. The van der Waals surface area contributed by atoms with Gasteiger partial charge in [0.25, 0.3) is 0 Å². The SMILES string of the molecule is Nc1ccc(Cl)c(S(=O)(=O)CC2COc3ccccc32)c1. The van der Waals surface area contributed by atoms with E-state index in [2.05, 4.69) is 0 Å². The minimum Gasteiger partial charge on any atom is -0.493 e. The first kappa shape index (κ1) is 14.2. The van der Waals surface area contributed by atoms with Gasteiger partial charge in [0.05, 0.1) is 22.3 Å². The highest BCUT2D eigenvalue weighted by Gasteiger charge is 2.30. The van der Waals surface area contributed by atoms with Crippen LogP contribution in [0.2, 0.25) is 5.02 Å². The zero-order valence-electron chi connectivity index (χ0n) is 11.1. The highest BCUT2D eigenvalue weighted by atomic mass is 35.5. The lowest BCUT2D eigenvalue weighted by Crippen LogP contribution is -2.16. The number of nitrogen functional groups attached to an aromatic ring is 1. The number of ether oxygens (including phenoxy) is 1. The zero-order valence-corrected chi connectivity index (χ0v) is 12.7. The van der Waals surface area contributed by atoms with Crippen LogP contribution in [-0.2, 0) is 9.84 Å². The molecule has 0 saturated carbocycles. The monoisotopic (exact) mass is 323 g/mol. The van der Waals surface area contributed by atoms with Crippen molar-refractivity contribution in [3.63, 3.8) is 0 Å². The third kappa shape index (κ3) is 2.71. The predicted octanol–water partition coefficient (Wildman–Crippen LogP) is 2.87. The normalized spacial score (nSPS) is 17.3. The number of hydrogen-bond donors (Lipinski definition) is 1. The molecule has 0 bridgehead atoms. The molecular weight excluding hydrogens is 310 g/mol. The summed E-state index contributed by atoms with van der Waals surface area (Å²) in [6.45, 7) is 0.360. The lowest BCUT2D eigenvalue weighted by Gasteiger charge is -2.11. The molecule has 1 aliphatic heterocycles. The van der Waals surface area contributed by atoms with Crippen LogP contribution in [0.4, 0.5) is 5.69 Å². The van der Waals surface area contributed by atoms with Gasteiger partial charge in [-0.2, -0.15) is 0 Å². The van der Waals surface area contributed by atoms with Crippen molar-refractivity contribution >= 4 is 27.1 Å². The second-order valence-corrected chi connectivity index (χ2v) is 7.43. The van der Waals surface area contributed by atoms with Gasteiger partial charge in [0.1, 0.15) is 5.75 Å². The van der Waals surface area contributed by atoms with Crippen molar-refractivity contribution in [3.05, 3.63) is 53.1 Å². The zero-order chi connectivity index (χ0) is 15.0. The minimum atomic E-state index is -3.53. The number of nitrogens with two attached hydrogens (primary N) is 1. The minimum absolute atomic E-state index is 0.0484. The first-order chi connectivity index (χ1) is 9.97. The maximum absolute atomic E-state index is 12.6. The van der Waals surface area contributed by atoms with Crippen molar-refractivity contribution < 1.29 is 13.2 Å². The number of halogens is 1. The summed E-state index contributed by atoms with van der Waals surface area (Å²) in [6.07, 6.45) is 0. The molecule has 2 aromatic rings. The summed E-state index contributed by atoms with van der Waals surface area (Å²) < 4.78 is 30.7. The van der Waals surface area contributed by atoms with Gasteiger partial charge in [-0.3, -0.25) is 0 Å². The van der Waals surface area contributed by atoms with Crippen LogP contribution in [0.1, 0.15) is 11.5 Å². The Morgan fingerprint density at radius 2 is 2.00 bits per heavy atom. The Kier molecular flexibility index (Phi) is 3.55. The Morgan fingerprint density at radius 1 is 1.24 bits per heavy atom.